The minimum atomic E-state index is -0.253. The van der Waals surface area contributed by atoms with Crippen molar-refractivity contribution in [1.82, 2.24) is 5.32 Å². The summed E-state index contributed by atoms with van der Waals surface area (Å²) in [6, 6.07) is 0. The van der Waals surface area contributed by atoms with Crippen LogP contribution in [0.2, 0.25) is 0 Å². The SMILES string of the molecule is CC(C)C(C)CNC(=O)C1(CN)CCCC1. The number of nitrogens with one attached hydrogen (secondary N) is 1. The minimum Gasteiger partial charge on any atom is -0.355 e. The first-order chi connectivity index (χ1) is 7.52. The van der Waals surface area contributed by atoms with Gasteiger partial charge in [0, 0.05) is 13.1 Å². The zero-order valence-electron chi connectivity index (χ0n) is 10.9. The van der Waals surface area contributed by atoms with Crippen LogP contribution in [0, 0.1) is 17.3 Å². The number of nitrogens with two attached hydrogens (primary N) is 1. The molecule has 1 unspecified atom stereocenters. The van der Waals surface area contributed by atoms with Gasteiger partial charge >= 0.3 is 0 Å². The van der Waals surface area contributed by atoms with Gasteiger partial charge in [0.05, 0.1) is 5.41 Å². The number of amides is 1. The fourth-order valence-corrected chi connectivity index (χ4v) is 2.25. The van der Waals surface area contributed by atoms with Crippen LogP contribution in [0.5, 0.6) is 0 Å². The van der Waals surface area contributed by atoms with Crippen LogP contribution in [-0.2, 0) is 4.79 Å². The zero-order chi connectivity index (χ0) is 12.2. The quantitative estimate of drug-likeness (QED) is 0.752. The Bertz CT molecular complexity index is 232. The highest BCUT2D eigenvalue weighted by atomic mass is 16.2. The molecule has 3 nitrogen and oxygen atoms in total. The summed E-state index contributed by atoms with van der Waals surface area (Å²) in [5, 5.41) is 3.08. The van der Waals surface area contributed by atoms with E-state index in [2.05, 4.69) is 26.1 Å². The van der Waals surface area contributed by atoms with Crippen LogP contribution < -0.4 is 11.1 Å². The van der Waals surface area contributed by atoms with Crippen LogP contribution >= 0.6 is 0 Å². The van der Waals surface area contributed by atoms with E-state index in [0.717, 1.165) is 32.2 Å². The lowest BCUT2D eigenvalue weighted by molar-refractivity contribution is -0.130. The molecule has 1 atom stereocenters. The lowest BCUT2D eigenvalue weighted by Gasteiger charge is -2.27. The van der Waals surface area contributed by atoms with Crippen molar-refractivity contribution in [2.75, 3.05) is 13.1 Å². The van der Waals surface area contributed by atoms with Gasteiger partial charge in [-0.05, 0) is 24.7 Å². The molecule has 0 aromatic rings. The third-order valence-corrected chi connectivity index (χ3v) is 4.16. The molecular weight excluding hydrogens is 200 g/mol. The Hall–Kier alpha value is -0.570. The van der Waals surface area contributed by atoms with Gasteiger partial charge in [-0.1, -0.05) is 33.6 Å². The van der Waals surface area contributed by atoms with Gasteiger partial charge in [-0.3, -0.25) is 4.79 Å². The monoisotopic (exact) mass is 226 g/mol. The van der Waals surface area contributed by atoms with Crippen LogP contribution in [0.25, 0.3) is 0 Å². The van der Waals surface area contributed by atoms with E-state index >= 15 is 0 Å². The van der Waals surface area contributed by atoms with Gasteiger partial charge in [0.15, 0.2) is 0 Å². The summed E-state index contributed by atoms with van der Waals surface area (Å²) in [7, 11) is 0. The van der Waals surface area contributed by atoms with Gasteiger partial charge in [0.2, 0.25) is 5.91 Å². The van der Waals surface area contributed by atoms with Crippen molar-refractivity contribution in [3.8, 4) is 0 Å². The standard InChI is InChI=1S/C13H26N2O/c1-10(2)11(3)8-15-12(16)13(9-14)6-4-5-7-13/h10-11H,4-9,14H2,1-3H3,(H,15,16). The molecule has 16 heavy (non-hydrogen) atoms. The first kappa shape index (κ1) is 13.5. The molecule has 0 aromatic heterocycles. The molecule has 1 amide bonds. The molecule has 1 aliphatic rings. The maximum atomic E-state index is 12.1. The summed E-state index contributed by atoms with van der Waals surface area (Å²) in [5.74, 6) is 1.32. The van der Waals surface area contributed by atoms with E-state index in [1.54, 1.807) is 0 Å². The predicted octanol–water partition coefficient (Wildman–Crippen LogP) is 1.91. The van der Waals surface area contributed by atoms with Crippen molar-refractivity contribution in [1.29, 1.82) is 0 Å². The van der Waals surface area contributed by atoms with Crippen molar-refractivity contribution in [2.45, 2.75) is 46.5 Å². The molecule has 0 saturated heterocycles. The molecule has 1 aliphatic carbocycles. The second kappa shape index (κ2) is 5.67. The summed E-state index contributed by atoms with van der Waals surface area (Å²) in [6.45, 7) is 7.82. The van der Waals surface area contributed by atoms with Crippen LogP contribution in [-0.4, -0.2) is 19.0 Å². The van der Waals surface area contributed by atoms with Gasteiger partial charge in [0.1, 0.15) is 0 Å². The number of rotatable bonds is 5. The average molecular weight is 226 g/mol. The van der Waals surface area contributed by atoms with Gasteiger partial charge in [-0.25, -0.2) is 0 Å². The normalized spacial score (nSPS) is 21.1. The smallest absolute Gasteiger partial charge is 0.227 e. The largest absolute Gasteiger partial charge is 0.355 e. The third-order valence-electron chi connectivity index (χ3n) is 4.16. The van der Waals surface area contributed by atoms with E-state index in [-0.39, 0.29) is 11.3 Å². The average Bonchev–Trinajstić information content (AvgIpc) is 2.74. The van der Waals surface area contributed by atoms with Gasteiger partial charge in [0.25, 0.3) is 0 Å². The van der Waals surface area contributed by atoms with Gasteiger partial charge < -0.3 is 11.1 Å². The summed E-state index contributed by atoms with van der Waals surface area (Å²) < 4.78 is 0. The summed E-state index contributed by atoms with van der Waals surface area (Å²) in [5.41, 5.74) is 5.52. The van der Waals surface area contributed by atoms with E-state index in [0.29, 0.717) is 18.4 Å². The summed E-state index contributed by atoms with van der Waals surface area (Å²) in [4.78, 5) is 12.1. The highest BCUT2D eigenvalue weighted by molar-refractivity contribution is 5.83. The first-order valence-electron chi connectivity index (χ1n) is 6.50. The molecular formula is C13H26N2O. The maximum Gasteiger partial charge on any atom is 0.227 e. The van der Waals surface area contributed by atoms with Gasteiger partial charge in [-0.2, -0.15) is 0 Å². The van der Waals surface area contributed by atoms with Crippen molar-refractivity contribution in [2.24, 2.45) is 23.0 Å². The Morgan fingerprint density at radius 1 is 1.31 bits per heavy atom. The molecule has 3 N–H and O–H groups in total. The number of hydrogen-bond acceptors (Lipinski definition) is 2. The third kappa shape index (κ3) is 2.97. The zero-order valence-corrected chi connectivity index (χ0v) is 10.9. The molecule has 0 aromatic carbocycles. The van der Waals surface area contributed by atoms with Crippen molar-refractivity contribution in [3.63, 3.8) is 0 Å². The van der Waals surface area contributed by atoms with Crippen molar-refractivity contribution in [3.05, 3.63) is 0 Å². The highest BCUT2D eigenvalue weighted by Crippen LogP contribution is 2.37. The van der Waals surface area contributed by atoms with Crippen LogP contribution in [0.4, 0.5) is 0 Å². The lowest BCUT2D eigenvalue weighted by Crippen LogP contribution is -2.45. The fourth-order valence-electron chi connectivity index (χ4n) is 2.25. The Kier molecular flexibility index (Phi) is 4.78. The number of carbonyl (C=O) groups excluding carboxylic acids is 1. The second-order valence-electron chi connectivity index (χ2n) is 5.62. The Morgan fingerprint density at radius 2 is 1.88 bits per heavy atom. The molecule has 0 radical (unpaired) electrons. The van der Waals surface area contributed by atoms with Crippen molar-refractivity contribution < 1.29 is 4.79 Å². The number of carbonyl (C=O) groups is 1. The van der Waals surface area contributed by atoms with E-state index in [1.165, 1.54) is 0 Å². The molecule has 1 fully saturated rings. The lowest BCUT2D eigenvalue weighted by atomic mass is 9.85. The molecule has 94 valence electrons. The summed E-state index contributed by atoms with van der Waals surface area (Å²) in [6.07, 6.45) is 4.21. The van der Waals surface area contributed by atoms with Gasteiger partial charge in [-0.15, -0.1) is 0 Å². The molecule has 0 heterocycles. The Morgan fingerprint density at radius 3 is 2.31 bits per heavy atom. The highest BCUT2D eigenvalue weighted by Gasteiger charge is 2.39. The molecule has 1 saturated carbocycles. The number of hydrogen-bond donors (Lipinski definition) is 2. The van der Waals surface area contributed by atoms with Crippen LogP contribution in [0.3, 0.4) is 0 Å². The van der Waals surface area contributed by atoms with E-state index in [1.807, 2.05) is 0 Å². The maximum absolute atomic E-state index is 12.1. The van der Waals surface area contributed by atoms with E-state index in [4.69, 9.17) is 5.73 Å². The molecule has 0 spiro atoms. The van der Waals surface area contributed by atoms with Crippen molar-refractivity contribution >= 4 is 5.91 Å². The first-order valence-corrected chi connectivity index (χ1v) is 6.50. The molecule has 0 bridgehead atoms. The Labute approximate surface area is 99.2 Å². The molecule has 1 rings (SSSR count). The molecule has 0 aliphatic heterocycles. The van der Waals surface area contributed by atoms with Crippen LogP contribution in [0.1, 0.15) is 46.5 Å². The fraction of sp³-hybridized carbons (Fsp3) is 0.923. The Balaban J connectivity index is 2.45. The van der Waals surface area contributed by atoms with Crippen LogP contribution in [0.15, 0.2) is 0 Å². The minimum absolute atomic E-state index is 0.181. The second-order valence-corrected chi connectivity index (χ2v) is 5.62. The molecule has 3 heteroatoms. The van der Waals surface area contributed by atoms with E-state index < -0.39 is 0 Å². The topological polar surface area (TPSA) is 55.1 Å². The summed E-state index contributed by atoms with van der Waals surface area (Å²) >= 11 is 0. The van der Waals surface area contributed by atoms with E-state index in [9.17, 15) is 4.79 Å². The predicted molar refractivity (Wildman–Crippen MR) is 67.0 cm³/mol.